The number of nitriles is 1. The molecular formula is C16H24N2O2. The molecule has 0 aliphatic carbocycles. The van der Waals surface area contributed by atoms with Gasteiger partial charge in [0.2, 0.25) is 0 Å². The molecule has 110 valence electrons. The SMILES string of the molecule is CCC(C)CN(C)CC(O)COc1ccc(C#N)cc1. The molecule has 0 spiro atoms. The molecule has 0 radical (unpaired) electrons. The molecule has 4 nitrogen and oxygen atoms in total. The van der Waals surface area contributed by atoms with Gasteiger partial charge in [0.05, 0.1) is 11.6 Å². The number of rotatable bonds is 8. The van der Waals surface area contributed by atoms with E-state index in [-0.39, 0.29) is 6.61 Å². The molecule has 0 heterocycles. The molecule has 1 aromatic carbocycles. The van der Waals surface area contributed by atoms with E-state index in [4.69, 9.17) is 10.00 Å². The van der Waals surface area contributed by atoms with Gasteiger partial charge in [-0.3, -0.25) is 0 Å². The molecule has 20 heavy (non-hydrogen) atoms. The van der Waals surface area contributed by atoms with Gasteiger partial charge in [0, 0.05) is 13.1 Å². The van der Waals surface area contributed by atoms with Crippen LogP contribution in [-0.2, 0) is 0 Å². The van der Waals surface area contributed by atoms with Gasteiger partial charge in [-0.2, -0.15) is 5.26 Å². The molecule has 0 bridgehead atoms. The van der Waals surface area contributed by atoms with Gasteiger partial charge in [-0.05, 0) is 37.2 Å². The van der Waals surface area contributed by atoms with Crippen LogP contribution >= 0.6 is 0 Å². The Morgan fingerprint density at radius 1 is 1.30 bits per heavy atom. The number of nitrogens with zero attached hydrogens (tertiary/aromatic N) is 2. The van der Waals surface area contributed by atoms with E-state index in [1.807, 2.05) is 7.05 Å². The lowest BCUT2D eigenvalue weighted by Gasteiger charge is -2.23. The van der Waals surface area contributed by atoms with Crippen molar-refractivity contribution < 1.29 is 9.84 Å². The smallest absolute Gasteiger partial charge is 0.119 e. The van der Waals surface area contributed by atoms with E-state index in [1.165, 1.54) is 0 Å². The van der Waals surface area contributed by atoms with Crippen LogP contribution in [0.15, 0.2) is 24.3 Å². The van der Waals surface area contributed by atoms with Crippen molar-refractivity contribution in [2.24, 2.45) is 5.92 Å². The summed E-state index contributed by atoms with van der Waals surface area (Å²) in [5.41, 5.74) is 0.603. The molecule has 2 unspecified atom stereocenters. The van der Waals surface area contributed by atoms with E-state index < -0.39 is 6.10 Å². The number of aliphatic hydroxyl groups is 1. The molecule has 1 aromatic rings. The van der Waals surface area contributed by atoms with E-state index in [2.05, 4.69) is 24.8 Å². The molecule has 1 N–H and O–H groups in total. The third kappa shape index (κ3) is 6.05. The summed E-state index contributed by atoms with van der Waals surface area (Å²) in [5, 5.41) is 18.6. The summed E-state index contributed by atoms with van der Waals surface area (Å²) < 4.78 is 5.51. The second-order valence-electron chi connectivity index (χ2n) is 5.34. The first-order valence-electron chi connectivity index (χ1n) is 7.04. The summed E-state index contributed by atoms with van der Waals surface area (Å²) in [4.78, 5) is 2.13. The molecule has 0 saturated heterocycles. The largest absolute Gasteiger partial charge is 0.491 e. The molecule has 4 heteroatoms. The van der Waals surface area contributed by atoms with Gasteiger partial charge < -0.3 is 14.7 Å². The maximum Gasteiger partial charge on any atom is 0.119 e. The number of ether oxygens (including phenoxy) is 1. The van der Waals surface area contributed by atoms with Crippen molar-refractivity contribution >= 4 is 0 Å². The van der Waals surface area contributed by atoms with Crippen molar-refractivity contribution in [1.29, 1.82) is 5.26 Å². The molecule has 0 saturated carbocycles. The lowest BCUT2D eigenvalue weighted by Crippen LogP contribution is -2.35. The number of likely N-dealkylation sites (N-methyl/N-ethyl adjacent to an activating group) is 1. The van der Waals surface area contributed by atoms with Crippen LogP contribution in [0.4, 0.5) is 0 Å². The highest BCUT2D eigenvalue weighted by molar-refractivity contribution is 5.34. The van der Waals surface area contributed by atoms with Crippen molar-refractivity contribution in [3.8, 4) is 11.8 Å². The van der Waals surface area contributed by atoms with Gasteiger partial charge >= 0.3 is 0 Å². The molecular weight excluding hydrogens is 252 g/mol. The van der Waals surface area contributed by atoms with Crippen LogP contribution in [0.3, 0.4) is 0 Å². The standard InChI is InChI=1S/C16H24N2O2/c1-4-13(2)10-18(3)11-15(19)12-20-16-7-5-14(9-17)6-8-16/h5-8,13,15,19H,4,10-12H2,1-3H3. The number of hydrogen-bond donors (Lipinski definition) is 1. The van der Waals surface area contributed by atoms with Gasteiger partial charge in [0.25, 0.3) is 0 Å². The molecule has 0 aliphatic rings. The maximum atomic E-state index is 9.95. The summed E-state index contributed by atoms with van der Waals surface area (Å²) in [6.07, 6.45) is 0.627. The molecule has 0 amide bonds. The Balaban J connectivity index is 2.31. The first-order chi connectivity index (χ1) is 9.55. The Labute approximate surface area is 121 Å². The number of hydrogen-bond acceptors (Lipinski definition) is 4. The third-order valence-electron chi connectivity index (χ3n) is 3.27. The zero-order valence-corrected chi connectivity index (χ0v) is 12.5. The van der Waals surface area contributed by atoms with Gasteiger partial charge in [-0.1, -0.05) is 20.3 Å². The van der Waals surface area contributed by atoms with Crippen molar-refractivity contribution in [1.82, 2.24) is 4.90 Å². The van der Waals surface area contributed by atoms with Crippen molar-refractivity contribution in [3.63, 3.8) is 0 Å². The Morgan fingerprint density at radius 2 is 1.95 bits per heavy atom. The van der Waals surface area contributed by atoms with Gasteiger partial charge in [-0.25, -0.2) is 0 Å². The Kier molecular flexibility index (Phi) is 7.06. The summed E-state index contributed by atoms with van der Waals surface area (Å²) in [6.45, 7) is 6.21. The first-order valence-corrected chi connectivity index (χ1v) is 7.04. The van der Waals surface area contributed by atoms with E-state index in [0.29, 0.717) is 23.8 Å². The van der Waals surface area contributed by atoms with E-state index in [0.717, 1.165) is 13.0 Å². The third-order valence-corrected chi connectivity index (χ3v) is 3.27. The van der Waals surface area contributed by atoms with Crippen LogP contribution in [0, 0.1) is 17.2 Å². The summed E-state index contributed by atoms with van der Waals surface area (Å²) in [5.74, 6) is 1.30. The van der Waals surface area contributed by atoms with Gasteiger partial charge in [0.1, 0.15) is 18.5 Å². The highest BCUT2D eigenvalue weighted by Crippen LogP contribution is 2.12. The lowest BCUT2D eigenvalue weighted by molar-refractivity contribution is 0.0723. The normalized spacial score (nSPS) is 13.8. The summed E-state index contributed by atoms with van der Waals surface area (Å²) >= 11 is 0. The fourth-order valence-corrected chi connectivity index (χ4v) is 1.97. The van der Waals surface area contributed by atoms with Gasteiger partial charge in [-0.15, -0.1) is 0 Å². The van der Waals surface area contributed by atoms with E-state index in [9.17, 15) is 5.11 Å². The first kappa shape index (κ1) is 16.5. The van der Waals surface area contributed by atoms with Crippen LogP contribution in [0.2, 0.25) is 0 Å². The molecule has 0 aromatic heterocycles. The second kappa shape index (κ2) is 8.57. The Morgan fingerprint density at radius 3 is 2.50 bits per heavy atom. The predicted octanol–water partition coefficient (Wildman–Crippen LogP) is 2.28. The van der Waals surface area contributed by atoms with Gasteiger partial charge in [0.15, 0.2) is 0 Å². The second-order valence-corrected chi connectivity index (χ2v) is 5.34. The average Bonchev–Trinajstić information content (AvgIpc) is 2.45. The topological polar surface area (TPSA) is 56.5 Å². The maximum absolute atomic E-state index is 9.95. The minimum Gasteiger partial charge on any atom is -0.491 e. The monoisotopic (exact) mass is 276 g/mol. The van der Waals surface area contributed by atoms with Crippen molar-refractivity contribution in [2.45, 2.75) is 26.4 Å². The quantitative estimate of drug-likeness (QED) is 0.791. The minimum absolute atomic E-state index is 0.261. The van der Waals surface area contributed by atoms with Crippen LogP contribution in [0.25, 0.3) is 0 Å². The van der Waals surface area contributed by atoms with Crippen molar-refractivity contribution in [2.75, 3.05) is 26.7 Å². The zero-order chi connectivity index (χ0) is 15.0. The zero-order valence-electron chi connectivity index (χ0n) is 12.5. The summed E-state index contributed by atoms with van der Waals surface area (Å²) in [6, 6.07) is 8.96. The lowest BCUT2D eigenvalue weighted by atomic mass is 10.1. The predicted molar refractivity (Wildman–Crippen MR) is 79.6 cm³/mol. The van der Waals surface area contributed by atoms with Crippen LogP contribution in [0.1, 0.15) is 25.8 Å². The average molecular weight is 276 g/mol. The molecule has 2 atom stereocenters. The molecule has 0 fully saturated rings. The van der Waals surface area contributed by atoms with Crippen LogP contribution in [-0.4, -0.2) is 42.9 Å². The van der Waals surface area contributed by atoms with E-state index >= 15 is 0 Å². The number of aliphatic hydroxyl groups excluding tert-OH is 1. The van der Waals surface area contributed by atoms with Crippen molar-refractivity contribution in [3.05, 3.63) is 29.8 Å². The molecule has 0 aliphatic heterocycles. The minimum atomic E-state index is -0.514. The highest BCUT2D eigenvalue weighted by atomic mass is 16.5. The fraction of sp³-hybridized carbons (Fsp3) is 0.562. The van der Waals surface area contributed by atoms with Crippen LogP contribution < -0.4 is 4.74 Å². The molecule has 1 rings (SSSR count). The Hall–Kier alpha value is -1.57. The summed E-state index contributed by atoms with van der Waals surface area (Å²) in [7, 11) is 2.01. The fourth-order valence-electron chi connectivity index (χ4n) is 1.97. The number of benzene rings is 1. The Bertz CT molecular complexity index is 425. The van der Waals surface area contributed by atoms with Crippen LogP contribution in [0.5, 0.6) is 5.75 Å². The van der Waals surface area contributed by atoms with E-state index in [1.54, 1.807) is 24.3 Å². The highest BCUT2D eigenvalue weighted by Gasteiger charge is 2.11.